The Balaban J connectivity index is 0.958. The minimum atomic E-state index is 0.893. The third-order valence-corrected chi connectivity index (χ3v) is 11.8. The minimum absolute atomic E-state index is 0.893. The van der Waals surface area contributed by atoms with Gasteiger partial charge in [-0.25, -0.2) is 0 Å². The first-order chi connectivity index (χ1) is 29.8. The summed E-state index contributed by atoms with van der Waals surface area (Å²) < 4.78 is 12.9. The SMILES string of the molecule is c1ccc(N(c2ccc(-c3ccc(N(c4ccccc4)c4cc5c6ccccc6oc5c5ccccc45)cc3)cc2)c2cc3c4ccccc4oc3c3ccccc23)cc1. The molecule has 0 fully saturated rings. The normalized spacial score (nSPS) is 11.7. The van der Waals surface area contributed by atoms with E-state index in [0.29, 0.717) is 0 Å². The van der Waals surface area contributed by atoms with E-state index in [2.05, 4.69) is 204 Å². The van der Waals surface area contributed by atoms with Crippen LogP contribution < -0.4 is 9.80 Å². The average molecular weight is 769 g/mol. The molecule has 0 aliphatic carbocycles. The number of nitrogens with zero attached hydrogens (tertiary/aromatic N) is 2. The standard InChI is InChI=1S/C56H36N2O2/c1-3-15-39(16-4-1)57(51-35-49-45-21-11-13-25-53(45)59-55(49)47-23-9-7-19-43(47)51)41-31-27-37(28-32-41)38-29-33-42(34-30-38)58(40-17-5-2-6-18-40)52-36-50-46-22-12-14-26-54(46)60-56(50)48-24-10-8-20-44(48)52/h1-36H. The van der Waals surface area contributed by atoms with E-state index in [9.17, 15) is 0 Å². The molecule has 282 valence electrons. The zero-order valence-electron chi connectivity index (χ0n) is 32.5. The van der Waals surface area contributed by atoms with Crippen LogP contribution in [0, 0.1) is 0 Å². The smallest absolute Gasteiger partial charge is 0.143 e. The van der Waals surface area contributed by atoms with Gasteiger partial charge in [0.15, 0.2) is 0 Å². The second-order valence-corrected chi connectivity index (χ2v) is 15.3. The first-order valence-corrected chi connectivity index (χ1v) is 20.3. The van der Waals surface area contributed by atoms with Crippen LogP contribution in [0.25, 0.3) is 76.5 Å². The molecule has 4 nitrogen and oxygen atoms in total. The number of fused-ring (bicyclic) bond motifs is 10. The molecule has 60 heavy (non-hydrogen) atoms. The predicted molar refractivity (Wildman–Crippen MR) is 251 cm³/mol. The maximum atomic E-state index is 6.47. The van der Waals surface area contributed by atoms with Crippen molar-refractivity contribution in [3.63, 3.8) is 0 Å². The number of benzene rings is 10. The lowest BCUT2D eigenvalue weighted by atomic mass is 10.0. The Hall–Kier alpha value is -8.08. The molecule has 0 unspecified atom stereocenters. The van der Waals surface area contributed by atoms with Gasteiger partial charge in [0.25, 0.3) is 0 Å². The molecule has 12 rings (SSSR count). The van der Waals surface area contributed by atoms with Crippen LogP contribution in [0.5, 0.6) is 0 Å². The van der Waals surface area contributed by atoms with Gasteiger partial charge in [-0.05, 0) is 83.9 Å². The van der Waals surface area contributed by atoms with Crippen molar-refractivity contribution in [2.75, 3.05) is 9.80 Å². The number of furan rings is 2. The second-order valence-electron chi connectivity index (χ2n) is 15.3. The van der Waals surface area contributed by atoms with E-state index < -0.39 is 0 Å². The molecule has 0 atom stereocenters. The molecule has 10 aromatic carbocycles. The molecule has 0 radical (unpaired) electrons. The number of hydrogen-bond donors (Lipinski definition) is 0. The molecular weight excluding hydrogens is 733 g/mol. The van der Waals surface area contributed by atoms with Crippen LogP contribution in [0.2, 0.25) is 0 Å². The van der Waals surface area contributed by atoms with Crippen molar-refractivity contribution in [3.05, 3.63) is 218 Å². The average Bonchev–Trinajstić information content (AvgIpc) is 3.89. The van der Waals surface area contributed by atoms with Gasteiger partial charge < -0.3 is 18.6 Å². The highest BCUT2D eigenvalue weighted by atomic mass is 16.3. The molecule has 0 N–H and O–H groups in total. The fourth-order valence-electron chi connectivity index (χ4n) is 9.04. The lowest BCUT2D eigenvalue weighted by molar-refractivity contribution is 0.672. The minimum Gasteiger partial charge on any atom is -0.455 e. The van der Waals surface area contributed by atoms with Gasteiger partial charge in [-0.1, -0.05) is 146 Å². The lowest BCUT2D eigenvalue weighted by Gasteiger charge is -2.27. The predicted octanol–water partition coefficient (Wildman–Crippen LogP) is 16.4. The first kappa shape index (κ1) is 34.0. The summed E-state index contributed by atoms with van der Waals surface area (Å²) in [6.45, 7) is 0. The first-order valence-electron chi connectivity index (χ1n) is 20.3. The van der Waals surface area contributed by atoms with Gasteiger partial charge in [0.05, 0.1) is 11.4 Å². The zero-order valence-corrected chi connectivity index (χ0v) is 32.5. The summed E-state index contributed by atoms with van der Waals surface area (Å²) in [6, 6.07) is 77.4. The van der Waals surface area contributed by atoms with Crippen LogP contribution >= 0.6 is 0 Å². The summed E-state index contributed by atoms with van der Waals surface area (Å²) in [7, 11) is 0. The van der Waals surface area contributed by atoms with Gasteiger partial charge in [-0.2, -0.15) is 0 Å². The summed E-state index contributed by atoms with van der Waals surface area (Å²) in [4.78, 5) is 4.72. The van der Waals surface area contributed by atoms with E-state index in [1.165, 1.54) is 0 Å². The molecule has 0 bridgehead atoms. The van der Waals surface area contributed by atoms with Crippen LogP contribution in [0.3, 0.4) is 0 Å². The molecule has 2 heterocycles. The quantitative estimate of drug-likeness (QED) is 0.162. The van der Waals surface area contributed by atoms with Gasteiger partial charge in [-0.15, -0.1) is 0 Å². The van der Waals surface area contributed by atoms with Crippen molar-refractivity contribution in [2.24, 2.45) is 0 Å². The van der Waals surface area contributed by atoms with Gasteiger partial charge in [0, 0.05) is 65.8 Å². The van der Waals surface area contributed by atoms with Gasteiger partial charge in [0.2, 0.25) is 0 Å². The molecule has 4 heteroatoms. The Morgan fingerprint density at radius 1 is 0.250 bits per heavy atom. The van der Waals surface area contributed by atoms with Crippen LogP contribution in [0.4, 0.5) is 34.1 Å². The monoisotopic (exact) mass is 768 g/mol. The van der Waals surface area contributed by atoms with E-state index in [4.69, 9.17) is 8.83 Å². The summed E-state index contributed by atoms with van der Waals surface area (Å²) >= 11 is 0. The highest BCUT2D eigenvalue weighted by Gasteiger charge is 2.22. The maximum Gasteiger partial charge on any atom is 0.143 e. The lowest BCUT2D eigenvalue weighted by Crippen LogP contribution is -2.10. The summed E-state index contributed by atoms with van der Waals surface area (Å²) in [5.41, 5.74) is 12.4. The molecule has 0 aliphatic heterocycles. The number of para-hydroxylation sites is 4. The van der Waals surface area contributed by atoms with Crippen LogP contribution in [-0.2, 0) is 0 Å². The Bertz CT molecular complexity index is 3300. The molecule has 0 spiro atoms. The van der Waals surface area contributed by atoms with Crippen LogP contribution in [-0.4, -0.2) is 0 Å². The Labute approximate surface area is 346 Å². The van der Waals surface area contributed by atoms with E-state index >= 15 is 0 Å². The van der Waals surface area contributed by atoms with Crippen molar-refractivity contribution < 1.29 is 8.83 Å². The summed E-state index contributed by atoms with van der Waals surface area (Å²) in [6.07, 6.45) is 0. The molecule has 0 saturated heterocycles. The third-order valence-electron chi connectivity index (χ3n) is 11.8. The highest BCUT2D eigenvalue weighted by Crippen LogP contribution is 2.47. The Morgan fingerprint density at radius 2 is 0.567 bits per heavy atom. The fourth-order valence-corrected chi connectivity index (χ4v) is 9.04. The van der Waals surface area contributed by atoms with Crippen molar-refractivity contribution in [1.82, 2.24) is 0 Å². The Morgan fingerprint density at radius 3 is 0.967 bits per heavy atom. The van der Waals surface area contributed by atoms with Crippen molar-refractivity contribution in [2.45, 2.75) is 0 Å². The van der Waals surface area contributed by atoms with Gasteiger partial charge in [0.1, 0.15) is 22.3 Å². The third kappa shape index (κ3) is 5.46. The molecule has 0 aliphatic rings. The van der Waals surface area contributed by atoms with Crippen LogP contribution in [0.15, 0.2) is 227 Å². The van der Waals surface area contributed by atoms with E-state index in [0.717, 1.165) is 111 Å². The highest BCUT2D eigenvalue weighted by molar-refractivity contribution is 6.21. The molecule has 0 amide bonds. The number of anilines is 6. The summed E-state index contributed by atoms with van der Waals surface area (Å²) in [5, 5.41) is 8.87. The van der Waals surface area contributed by atoms with Gasteiger partial charge in [-0.3, -0.25) is 0 Å². The molecule has 2 aromatic heterocycles. The van der Waals surface area contributed by atoms with Crippen molar-refractivity contribution in [1.29, 1.82) is 0 Å². The number of hydrogen-bond acceptors (Lipinski definition) is 4. The molecule has 0 saturated carbocycles. The maximum absolute atomic E-state index is 6.47. The fraction of sp³-hybridized carbons (Fsp3) is 0. The van der Waals surface area contributed by atoms with Gasteiger partial charge >= 0.3 is 0 Å². The number of rotatable bonds is 7. The van der Waals surface area contributed by atoms with Crippen molar-refractivity contribution in [3.8, 4) is 11.1 Å². The molecule has 12 aromatic rings. The Kier molecular flexibility index (Phi) is 7.82. The van der Waals surface area contributed by atoms with Crippen molar-refractivity contribution >= 4 is 99.5 Å². The van der Waals surface area contributed by atoms with Crippen LogP contribution in [0.1, 0.15) is 0 Å². The summed E-state index contributed by atoms with van der Waals surface area (Å²) in [5.74, 6) is 0. The van der Waals surface area contributed by atoms with E-state index in [1.54, 1.807) is 0 Å². The largest absolute Gasteiger partial charge is 0.455 e. The zero-order chi connectivity index (χ0) is 39.6. The van der Waals surface area contributed by atoms with E-state index in [-0.39, 0.29) is 0 Å². The van der Waals surface area contributed by atoms with E-state index in [1.807, 2.05) is 24.3 Å². The molecular formula is C56H36N2O2. The topological polar surface area (TPSA) is 32.8 Å². The second kappa shape index (κ2) is 13.8.